The Hall–Kier alpha value is -2.84. The minimum atomic E-state index is -4.12. The Morgan fingerprint density at radius 2 is 1.61 bits per heavy atom. The van der Waals surface area contributed by atoms with E-state index in [1.807, 2.05) is 31.2 Å². The van der Waals surface area contributed by atoms with Crippen LogP contribution in [0.25, 0.3) is 0 Å². The number of amides is 1. The molecule has 0 radical (unpaired) electrons. The van der Waals surface area contributed by atoms with Crippen molar-refractivity contribution in [2.75, 3.05) is 23.1 Å². The number of anilines is 1. The van der Waals surface area contributed by atoms with E-state index in [0.717, 1.165) is 9.20 Å². The lowest BCUT2D eigenvalue weighted by molar-refractivity contribution is -0.119. The smallest absolute Gasteiger partial charge is 0.264 e. The van der Waals surface area contributed by atoms with Crippen molar-refractivity contribution in [2.24, 2.45) is 0 Å². The number of para-hydroxylation sites is 1. The van der Waals surface area contributed by atoms with Gasteiger partial charge in [-0.3, -0.25) is 9.10 Å². The second kappa shape index (κ2) is 10.5. The number of carbonyl (C=O) groups excluding carboxylic acids is 1. The van der Waals surface area contributed by atoms with Crippen LogP contribution in [0.5, 0.6) is 0 Å². The maximum atomic E-state index is 14.4. The van der Waals surface area contributed by atoms with Gasteiger partial charge < -0.3 is 5.32 Å². The van der Waals surface area contributed by atoms with Crippen LogP contribution in [0.3, 0.4) is 0 Å². The molecule has 1 N–H and O–H groups in total. The van der Waals surface area contributed by atoms with Gasteiger partial charge in [-0.05, 0) is 43.3 Å². The zero-order valence-corrected chi connectivity index (χ0v) is 18.6. The lowest BCUT2D eigenvalue weighted by Crippen LogP contribution is -2.41. The molecule has 3 rings (SSSR count). The summed E-state index contributed by atoms with van der Waals surface area (Å²) in [7, 11) is -4.12. The largest absolute Gasteiger partial charge is 0.354 e. The van der Waals surface area contributed by atoms with Crippen LogP contribution in [0.1, 0.15) is 5.56 Å². The molecule has 1 amide bonds. The van der Waals surface area contributed by atoms with Crippen molar-refractivity contribution < 1.29 is 17.6 Å². The maximum absolute atomic E-state index is 14.4. The number of thioether (sulfide) groups is 1. The van der Waals surface area contributed by atoms with Gasteiger partial charge in [-0.25, -0.2) is 12.8 Å². The van der Waals surface area contributed by atoms with Crippen LogP contribution in [-0.2, 0) is 14.8 Å². The Morgan fingerprint density at radius 1 is 0.968 bits per heavy atom. The van der Waals surface area contributed by atoms with E-state index in [2.05, 4.69) is 5.32 Å². The quantitative estimate of drug-likeness (QED) is 0.385. The summed E-state index contributed by atoms with van der Waals surface area (Å²) in [5.74, 6) is -0.600. The number of hydrogen-bond acceptors (Lipinski definition) is 4. The molecule has 0 heterocycles. The Bertz CT molecular complexity index is 1120. The standard InChI is InChI=1S/C23H23FN2O3S2/c1-18-11-13-19(14-12-18)30-16-15-25-23(27)17-26(22-10-6-5-9-21(22)24)31(28,29)20-7-3-2-4-8-20/h2-14H,15-17H2,1H3,(H,25,27). The number of sulfonamides is 1. The van der Waals surface area contributed by atoms with Crippen molar-refractivity contribution in [3.63, 3.8) is 0 Å². The third-order valence-electron chi connectivity index (χ3n) is 4.45. The van der Waals surface area contributed by atoms with E-state index in [1.165, 1.54) is 42.0 Å². The fourth-order valence-electron chi connectivity index (χ4n) is 2.85. The molecule has 0 aromatic heterocycles. The fourth-order valence-corrected chi connectivity index (χ4v) is 5.07. The van der Waals surface area contributed by atoms with Gasteiger partial charge in [-0.1, -0.05) is 48.0 Å². The van der Waals surface area contributed by atoms with Crippen molar-refractivity contribution >= 4 is 33.4 Å². The van der Waals surface area contributed by atoms with Gasteiger partial charge in [0, 0.05) is 17.2 Å². The number of nitrogens with one attached hydrogen (secondary N) is 1. The number of aryl methyl sites for hydroxylation is 1. The molecule has 162 valence electrons. The van der Waals surface area contributed by atoms with E-state index in [4.69, 9.17) is 0 Å². The van der Waals surface area contributed by atoms with Crippen LogP contribution < -0.4 is 9.62 Å². The van der Waals surface area contributed by atoms with E-state index >= 15 is 0 Å². The molecule has 0 unspecified atom stereocenters. The third-order valence-corrected chi connectivity index (χ3v) is 7.24. The Morgan fingerprint density at radius 3 is 2.29 bits per heavy atom. The van der Waals surface area contributed by atoms with Crippen LogP contribution in [0.2, 0.25) is 0 Å². The number of hydrogen-bond donors (Lipinski definition) is 1. The van der Waals surface area contributed by atoms with Crippen molar-refractivity contribution in [2.45, 2.75) is 16.7 Å². The first-order chi connectivity index (χ1) is 14.9. The van der Waals surface area contributed by atoms with E-state index in [9.17, 15) is 17.6 Å². The molecule has 31 heavy (non-hydrogen) atoms. The van der Waals surface area contributed by atoms with Crippen molar-refractivity contribution in [3.8, 4) is 0 Å². The summed E-state index contributed by atoms with van der Waals surface area (Å²) in [5, 5.41) is 2.72. The zero-order valence-electron chi connectivity index (χ0n) is 17.0. The number of rotatable bonds is 9. The minimum absolute atomic E-state index is 0.0130. The summed E-state index contributed by atoms with van der Waals surface area (Å²) in [5.41, 5.74) is 1.00. The molecule has 5 nitrogen and oxygen atoms in total. The van der Waals surface area contributed by atoms with E-state index in [1.54, 1.807) is 30.0 Å². The molecule has 0 aliphatic heterocycles. The van der Waals surface area contributed by atoms with E-state index < -0.39 is 28.3 Å². The SMILES string of the molecule is Cc1ccc(SCCNC(=O)CN(c2ccccc2F)S(=O)(=O)c2ccccc2)cc1. The first-order valence-electron chi connectivity index (χ1n) is 9.66. The molecule has 0 bridgehead atoms. The van der Waals surface area contributed by atoms with Crippen molar-refractivity contribution in [1.82, 2.24) is 5.32 Å². The van der Waals surface area contributed by atoms with Crippen LogP contribution in [0.4, 0.5) is 10.1 Å². The molecule has 0 spiro atoms. The Labute approximate surface area is 186 Å². The molecule has 0 saturated heterocycles. The summed E-state index contributed by atoms with van der Waals surface area (Å²) in [6.45, 7) is 1.85. The minimum Gasteiger partial charge on any atom is -0.354 e. The molecule has 0 saturated carbocycles. The van der Waals surface area contributed by atoms with E-state index in [0.29, 0.717) is 12.3 Å². The Kier molecular flexibility index (Phi) is 7.70. The highest BCUT2D eigenvalue weighted by molar-refractivity contribution is 7.99. The lowest BCUT2D eigenvalue weighted by atomic mass is 10.2. The maximum Gasteiger partial charge on any atom is 0.264 e. The predicted molar refractivity (Wildman–Crippen MR) is 122 cm³/mol. The summed E-state index contributed by atoms with van der Waals surface area (Å²) in [6, 6.07) is 21.2. The van der Waals surface area contributed by atoms with Crippen molar-refractivity contribution in [3.05, 3.63) is 90.2 Å². The molecular formula is C23H23FN2O3S2. The second-order valence-corrected chi connectivity index (χ2v) is 9.82. The predicted octanol–water partition coefficient (Wildman–Crippen LogP) is 4.24. The van der Waals surface area contributed by atoms with Gasteiger partial charge >= 0.3 is 0 Å². The summed E-state index contributed by atoms with van der Waals surface area (Å²) >= 11 is 1.58. The van der Waals surface area contributed by atoms with E-state index in [-0.39, 0.29) is 10.6 Å². The third kappa shape index (κ3) is 6.08. The van der Waals surface area contributed by atoms with Gasteiger partial charge in [0.15, 0.2) is 0 Å². The van der Waals surface area contributed by atoms with Crippen molar-refractivity contribution in [1.29, 1.82) is 0 Å². The average molecular weight is 459 g/mol. The zero-order chi connectivity index (χ0) is 22.3. The highest BCUT2D eigenvalue weighted by Crippen LogP contribution is 2.26. The lowest BCUT2D eigenvalue weighted by Gasteiger charge is -2.24. The average Bonchev–Trinajstić information content (AvgIpc) is 2.77. The molecule has 8 heteroatoms. The van der Waals surface area contributed by atoms with Crippen LogP contribution in [-0.4, -0.2) is 33.2 Å². The normalized spacial score (nSPS) is 11.2. The second-order valence-electron chi connectivity index (χ2n) is 6.79. The molecule has 0 atom stereocenters. The van der Waals surface area contributed by atoms with Gasteiger partial charge in [0.2, 0.25) is 5.91 Å². The summed E-state index contributed by atoms with van der Waals surface area (Å²) in [4.78, 5) is 13.6. The first kappa shape index (κ1) is 22.8. The highest BCUT2D eigenvalue weighted by atomic mass is 32.2. The molecule has 0 aliphatic carbocycles. The monoisotopic (exact) mass is 458 g/mol. The van der Waals surface area contributed by atoms with Crippen LogP contribution >= 0.6 is 11.8 Å². The summed E-state index contributed by atoms with van der Waals surface area (Å²) < 4.78 is 41.5. The molecule has 3 aromatic rings. The number of nitrogens with zero attached hydrogens (tertiary/aromatic N) is 1. The number of benzene rings is 3. The molecule has 0 fully saturated rings. The molecule has 3 aromatic carbocycles. The summed E-state index contributed by atoms with van der Waals surface area (Å²) in [6.07, 6.45) is 0. The Balaban J connectivity index is 1.69. The molecule has 0 aliphatic rings. The van der Waals surface area contributed by atoms with Gasteiger partial charge in [0.25, 0.3) is 10.0 Å². The first-order valence-corrected chi connectivity index (χ1v) is 12.1. The molecular weight excluding hydrogens is 435 g/mol. The fraction of sp³-hybridized carbons (Fsp3) is 0.174. The van der Waals surface area contributed by atoms with Crippen LogP contribution in [0, 0.1) is 12.7 Å². The highest BCUT2D eigenvalue weighted by Gasteiger charge is 2.28. The topological polar surface area (TPSA) is 66.5 Å². The van der Waals surface area contributed by atoms with Gasteiger partial charge in [-0.2, -0.15) is 0 Å². The van der Waals surface area contributed by atoms with Gasteiger partial charge in [0.1, 0.15) is 12.4 Å². The van der Waals surface area contributed by atoms with Gasteiger partial charge in [0.05, 0.1) is 10.6 Å². The van der Waals surface area contributed by atoms with Gasteiger partial charge in [-0.15, -0.1) is 11.8 Å². The number of carbonyl (C=O) groups is 1. The van der Waals surface area contributed by atoms with Crippen LogP contribution in [0.15, 0.2) is 88.7 Å². The number of halogens is 1.